The second-order valence-electron chi connectivity index (χ2n) is 4.92. The number of hydrogen-bond donors (Lipinski definition) is 1. The molecule has 0 aromatic carbocycles. The van der Waals surface area contributed by atoms with Crippen LogP contribution in [0.1, 0.15) is 65.2 Å². The molecule has 0 radical (unpaired) electrons. The average Bonchev–Trinajstić information content (AvgIpc) is 2.44. The first-order chi connectivity index (χ1) is 9.16. The maximum atomic E-state index is 12.3. The molecule has 4 nitrogen and oxygen atoms in total. The lowest BCUT2D eigenvalue weighted by molar-refractivity contribution is -0.129. The molecular formula is C15H25N3O. The van der Waals surface area contributed by atoms with Gasteiger partial charge in [0.15, 0.2) is 0 Å². The number of carbonyl (C=O) groups is 1. The van der Waals surface area contributed by atoms with Crippen molar-refractivity contribution < 1.29 is 4.79 Å². The van der Waals surface area contributed by atoms with Gasteiger partial charge in [-0.1, -0.05) is 39.5 Å². The summed E-state index contributed by atoms with van der Waals surface area (Å²) in [5, 5.41) is 20.7. The van der Waals surface area contributed by atoms with Crippen molar-refractivity contribution in [2.24, 2.45) is 5.41 Å². The van der Waals surface area contributed by atoms with Crippen molar-refractivity contribution in [3.05, 3.63) is 0 Å². The first kappa shape index (κ1) is 17.4. The van der Waals surface area contributed by atoms with Crippen molar-refractivity contribution >= 4 is 5.91 Å². The Morgan fingerprint density at radius 3 is 2.11 bits per heavy atom. The molecule has 0 atom stereocenters. The topological polar surface area (TPSA) is 76.7 Å². The maximum absolute atomic E-state index is 12.3. The van der Waals surface area contributed by atoms with E-state index in [0.717, 1.165) is 25.7 Å². The molecule has 0 fully saturated rings. The summed E-state index contributed by atoms with van der Waals surface area (Å²) in [5.41, 5.74) is -0.876. The zero-order valence-electron chi connectivity index (χ0n) is 12.2. The summed E-state index contributed by atoms with van der Waals surface area (Å²) in [4.78, 5) is 12.3. The third-order valence-corrected chi connectivity index (χ3v) is 3.31. The fraction of sp³-hybridized carbons (Fsp3) is 0.800. The summed E-state index contributed by atoms with van der Waals surface area (Å²) in [6.45, 7) is 4.60. The molecule has 0 aliphatic rings. The smallest absolute Gasteiger partial charge is 0.240 e. The largest absolute Gasteiger partial charge is 0.355 e. The molecule has 0 aliphatic heterocycles. The van der Waals surface area contributed by atoms with Gasteiger partial charge in [-0.2, -0.15) is 10.5 Å². The Bertz CT molecular complexity index is 330. The van der Waals surface area contributed by atoms with Gasteiger partial charge in [0.05, 0.1) is 12.1 Å². The van der Waals surface area contributed by atoms with Gasteiger partial charge in [-0.05, 0) is 19.3 Å². The molecular weight excluding hydrogens is 238 g/mol. The first-order valence-electron chi connectivity index (χ1n) is 7.23. The SMILES string of the molecule is CCCCC(C#N)(CCCC)C(=O)NCCCC#N. The van der Waals surface area contributed by atoms with E-state index >= 15 is 0 Å². The number of nitrogens with zero attached hydrogens (tertiary/aromatic N) is 2. The highest BCUT2D eigenvalue weighted by molar-refractivity contribution is 5.85. The zero-order chi connectivity index (χ0) is 14.6. The summed E-state index contributed by atoms with van der Waals surface area (Å²) in [6, 6.07) is 4.30. The Hall–Kier alpha value is -1.55. The molecule has 106 valence electrons. The molecule has 0 heterocycles. The third kappa shape index (κ3) is 6.25. The first-order valence-corrected chi connectivity index (χ1v) is 7.23. The minimum Gasteiger partial charge on any atom is -0.355 e. The molecule has 1 N–H and O–H groups in total. The van der Waals surface area contributed by atoms with Gasteiger partial charge in [-0.25, -0.2) is 0 Å². The van der Waals surface area contributed by atoms with E-state index in [0.29, 0.717) is 32.2 Å². The predicted molar refractivity (Wildman–Crippen MR) is 75.0 cm³/mol. The molecule has 19 heavy (non-hydrogen) atoms. The predicted octanol–water partition coefficient (Wildman–Crippen LogP) is 3.30. The summed E-state index contributed by atoms with van der Waals surface area (Å²) >= 11 is 0. The molecule has 0 saturated carbocycles. The minimum absolute atomic E-state index is 0.158. The van der Waals surface area contributed by atoms with Crippen molar-refractivity contribution in [3.63, 3.8) is 0 Å². The van der Waals surface area contributed by atoms with E-state index in [-0.39, 0.29) is 5.91 Å². The molecule has 0 aliphatic carbocycles. The van der Waals surface area contributed by atoms with Crippen molar-refractivity contribution in [2.45, 2.75) is 65.2 Å². The molecule has 0 unspecified atom stereocenters. The molecule has 0 bridgehead atoms. The highest BCUT2D eigenvalue weighted by Gasteiger charge is 2.37. The fourth-order valence-electron chi connectivity index (χ4n) is 2.01. The molecule has 0 spiro atoms. The third-order valence-electron chi connectivity index (χ3n) is 3.31. The van der Waals surface area contributed by atoms with Crippen LogP contribution in [0.25, 0.3) is 0 Å². The standard InChI is InChI=1S/C15H25N3O/c1-3-5-9-15(13-17,10-6-4-2)14(19)18-12-8-7-11-16/h3-10,12H2,1-2H3,(H,18,19). The van der Waals surface area contributed by atoms with Gasteiger partial charge in [-0.3, -0.25) is 4.79 Å². The molecule has 4 heteroatoms. The molecule has 0 aromatic heterocycles. The van der Waals surface area contributed by atoms with Gasteiger partial charge in [0.25, 0.3) is 0 Å². The number of amides is 1. The number of carbonyl (C=O) groups excluding carboxylic acids is 1. The normalized spacial score (nSPS) is 10.5. The van der Waals surface area contributed by atoms with Crippen molar-refractivity contribution in [3.8, 4) is 12.1 Å². The highest BCUT2D eigenvalue weighted by Crippen LogP contribution is 2.30. The van der Waals surface area contributed by atoms with Crippen LogP contribution in [-0.4, -0.2) is 12.5 Å². The van der Waals surface area contributed by atoms with Gasteiger partial charge in [-0.15, -0.1) is 0 Å². The lowest BCUT2D eigenvalue weighted by atomic mass is 9.78. The Balaban J connectivity index is 4.56. The summed E-state index contributed by atoms with van der Waals surface area (Å²) in [7, 11) is 0. The van der Waals surface area contributed by atoms with Crippen LogP contribution in [0.4, 0.5) is 0 Å². The minimum atomic E-state index is -0.876. The van der Waals surface area contributed by atoms with E-state index in [1.807, 2.05) is 6.07 Å². The van der Waals surface area contributed by atoms with Gasteiger partial charge in [0, 0.05) is 13.0 Å². The summed E-state index contributed by atoms with van der Waals surface area (Å²) in [6.07, 6.45) is 6.09. The highest BCUT2D eigenvalue weighted by atomic mass is 16.2. The lowest BCUT2D eigenvalue weighted by Gasteiger charge is -2.25. The van der Waals surface area contributed by atoms with E-state index in [2.05, 4.69) is 25.2 Å². The Morgan fingerprint density at radius 2 is 1.68 bits per heavy atom. The molecule has 0 aromatic rings. The van der Waals surface area contributed by atoms with Gasteiger partial charge < -0.3 is 5.32 Å². The van der Waals surface area contributed by atoms with E-state index < -0.39 is 5.41 Å². The van der Waals surface area contributed by atoms with E-state index in [1.165, 1.54) is 0 Å². The van der Waals surface area contributed by atoms with E-state index in [1.54, 1.807) is 0 Å². The van der Waals surface area contributed by atoms with Crippen LogP contribution in [0.15, 0.2) is 0 Å². The van der Waals surface area contributed by atoms with Gasteiger partial charge in [0.2, 0.25) is 5.91 Å². The number of unbranched alkanes of at least 4 members (excludes halogenated alkanes) is 3. The molecule has 1 amide bonds. The van der Waals surface area contributed by atoms with Crippen LogP contribution < -0.4 is 5.32 Å². The van der Waals surface area contributed by atoms with E-state index in [9.17, 15) is 10.1 Å². The van der Waals surface area contributed by atoms with Crippen molar-refractivity contribution in [1.82, 2.24) is 5.32 Å². The van der Waals surface area contributed by atoms with Crippen LogP contribution in [0.3, 0.4) is 0 Å². The van der Waals surface area contributed by atoms with Crippen molar-refractivity contribution in [1.29, 1.82) is 10.5 Å². The molecule has 0 rings (SSSR count). The Kier molecular flexibility index (Phi) is 9.53. The summed E-state index contributed by atoms with van der Waals surface area (Å²) < 4.78 is 0. The van der Waals surface area contributed by atoms with Crippen LogP contribution in [0, 0.1) is 28.1 Å². The van der Waals surface area contributed by atoms with Crippen LogP contribution in [0.2, 0.25) is 0 Å². The number of rotatable bonds is 10. The lowest BCUT2D eigenvalue weighted by Crippen LogP contribution is -2.40. The second-order valence-corrected chi connectivity index (χ2v) is 4.92. The molecule has 0 saturated heterocycles. The van der Waals surface area contributed by atoms with Crippen LogP contribution in [0.5, 0.6) is 0 Å². The van der Waals surface area contributed by atoms with Crippen molar-refractivity contribution in [2.75, 3.05) is 6.54 Å². The monoisotopic (exact) mass is 263 g/mol. The number of nitriles is 2. The quantitative estimate of drug-likeness (QED) is 0.614. The van der Waals surface area contributed by atoms with E-state index in [4.69, 9.17) is 5.26 Å². The maximum Gasteiger partial charge on any atom is 0.240 e. The van der Waals surface area contributed by atoms with Crippen LogP contribution in [-0.2, 0) is 4.79 Å². The Morgan fingerprint density at radius 1 is 1.11 bits per heavy atom. The second kappa shape index (κ2) is 10.4. The average molecular weight is 263 g/mol. The van der Waals surface area contributed by atoms with Gasteiger partial charge >= 0.3 is 0 Å². The number of nitrogens with one attached hydrogen (secondary N) is 1. The van der Waals surface area contributed by atoms with Gasteiger partial charge in [0.1, 0.15) is 5.41 Å². The fourth-order valence-corrected chi connectivity index (χ4v) is 2.01. The summed E-state index contributed by atoms with van der Waals surface area (Å²) in [5.74, 6) is -0.158. The van der Waals surface area contributed by atoms with Crippen LogP contribution >= 0.6 is 0 Å². The number of hydrogen-bond acceptors (Lipinski definition) is 3. The Labute approximate surface area is 116 Å². The zero-order valence-corrected chi connectivity index (χ0v) is 12.2.